The monoisotopic (exact) mass is 380 g/mol. The fourth-order valence-corrected chi connectivity index (χ4v) is 4.32. The van der Waals surface area contributed by atoms with Crippen molar-refractivity contribution < 1.29 is 12.8 Å². The van der Waals surface area contributed by atoms with Gasteiger partial charge in [0.25, 0.3) is 10.0 Å². The van der Waals surface area contributed by atoms with Gasteiger partial charge in [0.1, 0.15) is 5.82 Å². The van der Waals surface area contributed by atoms with Gasteiger partial charge in [-0.15, -0.1) is 0 Å². The van der Waals surface area contributed by atoms with E-state index in [-0.39, 0.29) is 22.0 Å². The Morgan fingerprint density at radius 2 is 2.15 bits per heavy atom. The molecule has 0 unspecified atom stereocenters. The zero-order chi connectivity index (χ0) is 14.9. The normalized spacial score (nSPS) is 11.8. The van der Waals surface area contributed by atoms with Crippen molar-refractivity contribution in [1.29, 1.82) is 0 Å². The standard InChI is InChI=1S/C11H10BrFN2O3S2/c1-6-10(19-11(16)15-6)20(17,18)14-5-7-4-8(12)2-3-9(7)13/h2-4,14H,5H2,1H3,(H,15,16). The Balaban J connectivity index is 2.24. The van der Waals surface area contributed by atoms with Crippen LogP contribution < -0.4 is 9.60 Å². The number of aryl methyl sites for hydroxylation is 1. The van der Waals surface area contributed by atoms with E-state index in [0.717, 1.165) is 0 Å². The molecule has 0 spiro atoms. The molecule has 1 aromatic carbocycles. The van der Waals surface area contributed by atoms with Crippen LogP contribution in [0.25, 0.3) is 0 Å². The largest absolute Gasteiger partial charge is 0.315 e. The first-order valence-corrected chi connectivity index (χ1v) is 8.52. The Hall–Kier alpha value is -1.03. The van der Waals surface area contributed by atoms with E-state index in [9.17, 15) is 17.6 Å². The average molecular weight is 381 g/mol. The lowest BCUT2D eigenvalue weighted by Gasteiger charge is -2.07. The molecule has 0 aliphatic carbocycles. The van der Waals surface area contributed by atoms with Crippen molar-refractivity contribution in [2.75, 3.05) is 0 Å². The van der Waals surface area contributed by atoms with Crippen molar-refractivity contribution in [2.24, 2.45) is 0 Å². The Kier molecular flexibility index (Phi) is 4.43. The number of benzene rings is 1. The number of thiazole rings is 1. The maximum Gasteiger partial charge on any atom is 0.305 e. The molecule has 2 N–H and O–H groups in total. The molecule has 9 heteroatoms. The molecular formula is C11H10BrFN2O3S2. The minimum atomic E-state index is -3.84. The fourth-order valence-electron chi connectivity index (χ4n) is 1.56. The molecule has 0 fully saturated rings. The van der Waals surface area contributed by atoms with E-state index in [1.54, 1.807) is 0 Å². The summed E-state index contributed by atoms with van der Waals surface area (Å²) in [5.41, 5.74) is 0.477. The molecule has 2 rings (SSSR count). The third-order valence-corrected chi connectivity index (χ3v) is 5.98. The third-order valence-electron chi connectivity index (χ3n) is 2.49. The summed E-state index contributed by atoms with van der Waals surface area (Å²) in [5.74, 6) is -0.505. The Morgan fingerprint density at radius 1 is 1.45 bits per heavy atom. The van der Waals surface area contributed by atoms with Gasteiger partial charge in [-0.2, -0.15) is 0 Å². The number of rotatable bonds is 4. The molecule has 2 aromatic rings. The lowest BCUT2D eigenvalue weighted by molar-refractivity contribution is 0.575. The van der Waals surface area contributed by atoms with Gasteiger partial charge in [-0.25, -0.2) is 17.5 Å². The number of sulfonamides is 1. The predicted molar refractivity (Wildman–Crippen MR) is 77.8 cm³/mol. The zero-order valence-electron chi connectivity index (χ0n) is 10.2. The Labute approximate surface area is 127 Å². The third kappa shape index (κ3) is 3.35. The van der Waals surface area contributed by atoms with Crippen molar-refractivity contribution in [3.63, 3.8) is 0 Å². The van der Waals surface area contributed by atoms with E-state index < -0.39 is 20.7 Å². The first-order chi connectivity index (χ1) is 9.29. The van der Waals surface area contributed by atoms with Crippen LogP contribution in [0.5, 0.6) is 0 Å². The second-order valence-corrected chi connectivity index (χ2v) is 7.85. The number of hydrogen-bond acceptors (Lipinski definition) is 4. The maximum absolute atomic E-state index is 13.5. The summed E-state index contributed by atoms with van der Waals surface area (Å²) in [5, 5.41) is 0. The van der Waals surface area contributed by atoms with Gasteiger partial charge in [-0.1, -0.05) is 27.3 Å². The number of aromatic nitrogens is 1. The SMILES string of the molecule is Cc1[nH]c(=O)sc1S(=O)(=O)NCc1cc(Br)ccc1F. The van der Waals surface area contributed by atoms with Crippen molar-refractivity contribution in [1.82, 2.24) is 9.71 Å². The number of halogens is 2. The van der Waals surface area contributed by atoms with Crippen LogP contribution in [0, 0.1) is 12.7 Å². The molecule has 0 aliphatic rings. The molecule has 1 heterocycles. The van der Waals surface area contributed by atoms with Crippen LogP contribution in [0.2, 0.25) is 0 Å². The molecule has 0 saturated heterocycles. The minimum absolute atomic E-state index is 0.0853. The summed E-state index contributed by atoms with van der Waals surface area (Å²) in [4.78, 5) is 13.1. The molecule has 0 saturated carbocycles. The molecule has 0 amide bonds. The quantitative estimate of drug-likeness (QED) is 0.852. The second kappa shape index (κ2) is 5.76. The van der Waals surface area contributed by atoms with Crippen molar-refractivity contribution in [3.8, 4) is 0 Å². The molecule has 0 bridgehead atoms. The topological polar surface area (TPSA) is 79.0 Å². The molecule has 5 nitrogen and oxygen atoms in total. The summed E-state index contributed by atoms with van der Waals surface area (Å²) in [7, 11) is -3.84. The number of aromatic amines is 1. The van der Waals surface area contributed by atoms with Crippen LogP contribution in [0.1, 0.15) is 11.3 Å². The number of hydrogen-bond donors (Lipinski definition) is 2. The van der Waals surface area contributed by atoms with E-state index in [2.05, 4.69) is 25.6 Å². The number of nitrogens with one attached hydrogen (secondary N) is 2. The molecule has 108 valence electrons. The summed E-state index contributed by atoms with van der Waals surface area (Å²) < 4.78 is 40.4. The van der Waals surface area contributed by atoms with Crippen LogP contribution >= 0.6 is 27.3 Å². The van der Waals surface area contributed by atoms with Crippen LogP contribution in [0.4, 0.5) is 4.39 Å². The van der Waals surface area contributed by atoms with E-state index in [1.807, 2.05) is 0 Å². The highest BCUT2D eigenvalue weighted by molar-refractivity contribution is 9.10. The summed E-state index contributed by atoms with van der Waals surface area (Å²) in [6, 6.07) is 4.26. The first kappa shape index (κ1) is 15.4. The van der Waals surface area contributed by atoms with Gasteiger partial charge in [-0.3, -0.25) is 4.79 Å². The second-order valence-electron chi connectivity index (χ2n) is 3.99. The zero-order valence-corrected chi connectivity index (χ0v) is 13.5. The van der Waals surface area contributed by atoms with Crippen LogP contribution in [0.3, 0.4) is 0 Å². The van der Waals surface area contributed by atoms with Gasteiger partial charge in [0, 0.05) is 22.3 Å². The lowest BCUT2D eigenvalue weighted by Crippen LogP contribution is -2.23. The smallest absolute Gasteiger partial charge is 0.305 e. The van der Waals surface area contributed by atoms with Gasteiger partial charge in [0.05, 0.1) is 0 Å². The Bertz CT molecular complexity index is 798. The van der Waals surface area contributed by atoms with Crippen LogP contribution in [0.15, 0.2) is 31.7 Å². The van der Waals surface area contributed by atoms with Gasteiger partial charge in [0.15, 0.2) is 4.21 Å². The summed E-state index contributed by atoms with van der Waals surface area (Å²) >= 11 is 3.79. The molecule has 0 radical (unpaired) electrons. The summed E-state index contributed by atoms with van der Waals surface area (Å²) in [6.07, 6.45) is 0. The molecule has 1 aromatic heterocycles. The van der Waals surface area contributed by atoms with E-state index in [1.165, 1.54) is 25.1 Å². The highest BCUT2D eigenvalue weighted by atomic mass is 79.9. The van der Waals surface area contributed by atoms with Gasteiger partial charge < -0.3 is 4.98 Å². The predicted octanol–water partition coefficient (Wildman–Crippen LogP) is 2.12. The van der Waals surface area contributed by atoms with Crippen molar-refractivity contribution in [3.05, 3.63) is 49.4 Å². The average Bonchev–Trinajstić information content (AvgIpc) is 2.70. The lowest BCUT2D eigenvalue weighted by atomic mass is 10.2. The maximum atomic E-state index is 13.5. The Morgan fingerprint density at radius 3 is 2.75 bits per heavy atom. The van der Waals surface area contributed by atoms with E-state index in [0.29, 0.717) is 15.8 Å². The van der Waals surface area contributed by atoms with Gasteiger partial charge >= 0.3 is 4.87 Å². The first-order valence-electron chi connectivity index (χ1n) is 5.43. The summed E-state index contributed by atoms with van der Waals surface area (Å²) in [6.45, 7) is 1.30. The number of H-pyrrole nitrogens is 1. The van der Waals surface area contributed by atoms with Crippen molar-refractivity contribution in [2.45, 2.75) is 17.7 Å². The molecule has 20 heavy (non-hydrogen) atoms. The molecule has 0 atom stereocenters. The van der Waals surface area contributed by atoms with Gasteiger partial charge in [-0.05, 0) is 25.1 Å². The molecule has 0 aliphatic heterocycles. The highest BCUT2D eigenvalue weighted by Gasteiger charge is 2.20. The fraction of sp³-hybridized carbons (Fsp3) is 0.182. The van der Waals surface area contributed by atoms with E-state index >= 15 is 0 Å². The van der Waals surface area contributed by atoms with E-state index in [4.69, 9.17) is 0 Å². The highest BCUT2D eigenvalue weighted by Crippen LogP contribution is 2.18. The minimum Gasteiger partial charge on any atom is -0.315 e. The van der Waals surface area contributed by atoms with Crippen LogP contribution in [-0.2, 0) is 16.6 Å². The van der Waals surface area contributed by atoms with Gasteiger partial charge in [0.2, 0.25) is 0 Å². The molecular weight excluding hydrogens is 371 g/mol. The van der Waals surface area contributed by atoms with Crippen molar-refractivity contribution >= 4 is 37.3 Å². The van der Waals surface area contributed by atoms with Crippen LogP contribution in [-0.4, -0.2) is 13.4 Å².